The van der Waals surface area contributed by atoms with Gasteiger partial charge in [0.15, 0.2) is 0 Å². The highest BCUT2D eigenvalue weighted by Gasteiger charge is 2.10. The van der Waals surface area contributed by atoms with Gasteiger partial charge in [0, 0.05) is 23.7 Å². The number of nitrogens with one attached hydrogen (secondary N) is 1. The molecule has 1 N–H and O–H groups in total. The molecule has 0 aliphatic carbocycles. The molecule has 0 amide bonds. The molecule has 0 spiro atoms. The molecule has 0 heterocycles. The molecule has 0 fully saturated rings. The monoisotopic (exact) mass is 279 g/mol. The summed E-state index contributed by atoms with van der Waals surface area (Å²) in [5.41, 5.74) is 1.33. The lowest BCUT2D eigenvalue weighted by Crippen LogP contribution is -2.19. The summed E-state index contributed by atoms with van der Waals surface area (Å²) in [4.78, 5) is 0. The molecule has 0 bridgehead atoms. The molecule has 0 unspecified atom stereocenters. The van der Waals surface area contributed by atoms with Crippen molar-refractivity contribution >= 4 is 0 Å². The van der Waals surface area contributed by atoms with Crippen LogP contribution in [-0.2, 0) is 6.54 Å². The molecule has 0 aliphatic heterocycles. The van der Waals surface area contributed by atoms with Crippen LogP contribution in [0.15, 0.2) is 48.5 Å². The number of hydrogen-bond donors (Lipinski definition) is 1. The maximum atomic E-state index is 13.6. The summed E-state index contributed by atoms with van der Waals surface area (Å²) in [5.74, 6) is -0.270. The molecule has 0 radical (unpaired) electrons. The van der Waals surface area contributed by atoms with Crippen molar-refractivity contribution in [3.8, 4) is 0 Å². The molecule has 2 rings (SSSR count). The Morgan fingerprint density at radius 2 is 1.80 bits per heavy atom. The van der Waals surface area contributed by atoms with Crippen LogP contribution < -0.4 is 5.32 Å². The van der Waals surface area contributed by atoms with E-state index in [-0.39, 0.29) is 17.4 Å². The first-order valence-corrected chi connectivity index (χ1v) is 6.42. The number of halogens is 3. The van der Waals surface area contributed by atoms with Gasteiger partial charge in [-0.2, -0.15) is 0 Å². The first-order chi connectivity index (χ1) is 9.58. The number of benzene rings is 2. The van der Waals surface area contributed by atoms with Crippen LogP contribution in [-0.4, -0.2) is 0 Å². The zero-order chi connectivity index (χ0) is 14.5. The molecule has 106 valence electrons. The van der Waals surface area contributed by atoms with Crippen molar-refractivity contribution in [1.82, 2.24) is 5.32 Å². The van der Waals surface area contributed by atoms with E-state index in [0.29, 0.717) is 12.1 Å². The van der Waals surface area contributed by atoms with E-state index in [2.05, 4.69) is 5.32 Å². The summed E-state index contributed by atoms with van der Waals surface area (Å²) in [5, 5.41) is 3.14. The fraction of sp³-hybridized carbons (Fsp3) is 0.250. The van der Waals surface area contributed by atoms with E-state index < -0.39 is 6.43 Å². The van der Waals surface area contributed by atoms with Gasteiger partial charge >= 0.3 is 0 Å². The van der Waals surface area contributed by atoms with Gasteiger partial charge in [-0.05, 0) is 24.6 Å². The zero-order valence-electron chi connectivity index (χ0n) is 11.1. The maximum Gasteiger partial charge on any atom is 0.263 e. The third-order valence-electron chi connectivity index (χ3n) is 3.19. The highest BCUT2D eigenvalue weighted by atomic mass is 19.3. The first-order valence-electron chi connectivity index (χ1n) is 6.42. The zero-order valence-corrected chi connectivity index (χ0v) is 11.1. The van der Waals surface area contributed by atoms with Crippen molar-refractivity contribution in [3.05, 3.63) is 71.0 Å². The molecule has 1 atom stereocenters. The summed E-state index contributed by atoms with van der Waals surface area (Å²) in [6.07, 6.45) is -2.47. The minimum atomic E-state index is -2.47. The predicted octanol–water partition coefficient (Wildman–Crippen LogP) is 4.61. The van der Waals surface area contributed by atoms with Crippen molar-refractivity contribution in [2.75, 3.05) is 0 Å². The van der Waals surface area contributed by atoms with Crippen LogP contribution in [0, 0.1) is 5.82 Å². The minimum absolute atomic E-state index is 0.00263. The average molecular weight is 279 g/mol. The standard InChI is InChI=1S/C16H16F3N/c1-11(14-7-2-3-8-15(14)17)20-10-12-5-4-6-13(9-12)16(18)19/h2-9,11,16,20H,10H2,1H3/t11-/m1/s1. The van der Waals surface area contributed by atoms with Crippen molar-refractivity contribution in [1.29, 1.82) is 0 Å². The largest absolute Gasteiger partial charge is 0.306 e. The van der Waals surface area contributed by atoms with E-state index >= 15 is 0 Å². The lowest BCUT2D eigenvalue weighted by Gasteiger charge is -2.15. The van der Waals surface area contributed by atoms with Gasteiger partial charge in [-0.25, -0.2) is 13.2 Å². The Hall–Kier alpha value is -1.81. The molecule has 0 saturated carbocycles. The van der Waals surface area contributed by atoms with Crippen LogP contribution in [0.5, 0.6) is 0 Å². The lowest BCUT2D eigenvalue weighted by atomic mass is 10.1. The summed E-state index contributed by atoms with van der Waals surface area (Å²) >= 11 is 0. The van der Waals surface area contributed by atoms with Crippen molar-refractivity contribution in [3.63, 3.8) is 0 Å². The topological polar surface area (TPSA) is 12.0 Å². The fourth-order valence-corrected chi connectivity index (χ4v) is 2.05. The average Bonchev–Trinajstić information content (AvgIpc) is 2.45. The summed E-state index contributed by atoms with van der Waals surface area (Å²) in [6, 6.07) is 12.6. The van der Waals surface area contributed by atoms with Crippen LogP contribution in [0.25, 0.3) is 0 Å². The highest BCUT2D eigenvalue weighted by molar-refractivity contribution is 5.25. The Morgan fingerprint density at radius 1 is 1.05 bits per heavy atom. The van der Waals surface area contributed by atoms with Crippen molar-refractivity contribution < 1.29 is 13.2 Å². The molecular weight excluding hydrogens is 263 g/mol. The maximum absolute atomic E-state index is 13.6. The molecule has 0 aliphatic rings. The molecule has 20 heavy (non-hydrogen) atoms. The van der Waals surface area contributed by atoms with Crippen LogP contribution in [0.4, 0.5) is 13.2 Å². The van der Waals surface area contributed by atoms with Crippen LogP contribution >= 0.6 is 0 Å². The smallest absolute Gasteiger partial charge is 0.263 e. The van der Waals surface area contributed by atoms with E-state index in [4.69, 9.17) is 0 Å². The third kappa shape index (κ3) is 3.61. The molecule has 0 aromatic heterocycles. The first kappa shape index (κ1) is 14.6. The second kappa shape index (κ2) is 6.57. The summed E-state index contributed by atoms with van der Waals surface area (Å²) in [6.45, 7) is 2.26. The molecular formula is C16H16F3N. The Balaban J connectivity index is 2.02. The Kier molecular flexibility index (Phi) is 4.79. The van der Waals surface area contributed by atoms with Crippen LogP contribution in [0.1, 0.15) is 36.1 Å². The van der Waals surface area contributed by atoms with E-state index in [1.165, 1.54) is 18.2 Å². The van der Waals surface area contributed by atoms with E-state index in [1.807, 2.05) is 6.92 Å². The summed E-state index contributed by atoms with van der Waals surface area (Å²) < 4.78 is 38.8. The van der Waals surface area contributed by atoms with Gasteiger partial charge in [-0.3, -0.25) is 0 Å². The quantitative estimate of drug-likeness (QED) is 0.842. The Bertz CT molecular complexity index is 569. The number of alkyl halides is 2. The fourth-order valence-electron chi connectivity index (χ4n) is 2.05. The molecule has 2 aromatic rings. The van der Waals surface area contributed by atoms with Gasteiger partial charge < -0.3 is 5.32 Å². The van der Waals surface area contributed by atoms with Gasteiger partial charge in [0.25, 0.3) is 6.43 Å². The van der Waals surface area contributed by atoms with Gasteiger partial charge in [0.2, 0.25) is 0 Å². The molecule has 1 nitrogen and oxygen atoms in total. The second-order valence-corrected chi connectivity index (χ2v) is 4.67. The molecule has 4 heteroatoms. The second-order valence-electron chi connectivity index (χ2n) is 4.67. The highest BCUT2D eigenvalue weighted by Crippen LogP contribution is 2.20. The van der Waals surface area contributed by atoms with Gasteiger partial charge in [0.05, 0.1) is 0 Å². The number of rotatable bonds is 5. The normalized spacial score (nSPS) is 12.7. The third-order valence-corrected chi connectivity index (χ3v) is 3.19. The van der Waals surface area contributed by atoms with Crippen LogP contribution in [0.3, 0.4) is 0 Å². The summed E-state index contributed by atoms with van der Waals surface area (Å²) in [7, 11) is 0. The van der Waals surface area contributed by atoms with E-state index in [0.717, 1.165) is 5.56 Å². The Morgan fingerprint density at radius 3 is 2.50 bits per heavy atom. The molecule has 2 aromatic carbocycles. The molecule has 0 saturated heterocycles. The number of hydrogen-bond acceptors (Lipinski definition) is 1. The van der Waals surface area contributed by atoms with Crippen molar-refractivity contribution in [2.45, 2.75) is 25.9 Å². The van der Waals surface area contributed by atoms with Crippen molar-refractivity contribution in [2.24, 2.45) is 0 Å². The minimum Gasteiger partial charge on any atom is -0.306 e. The van der Waals surface area contributed by atoms with E-state index in [9.17, 15) is 13.2 Å². The predicted molar refractivity (Wildman–Crippen MR) is 73.1 cm³/mol. The Labute approximate surface area is 116 Å². The lowest BCUT2D eigenvalue weighted by molar-refractivity contribution is 0.151. The van der Waals surface area contributed by atoms with Gasteiger partial charge in [-0.1, -0.05) is 36.4 Å². The van der Waals surface area contributed by atoms with Gasteiger partial charge in [0.1, 0.15) is 5.82 Å². The van der Waals surface area contributed by atoms with Crippen LogP contribution in [0.2, 0.25) is 0 Å². The van der Waals surface area contributed by atoms with Gasteiger partial charge in [-0.15, -0.1) is 0 Å². The SMILES string of the molecule is C[C@@H](NCc1cccc(C(F)F)c1)c1ccccc1F. The van der Waals surface area contributed by atoms with E-state index in [1.54, 1.807) is 30.3 Å².